The molecule has 32 heavy (non-hydrogen) atoms. The Hall–Kier alpha value is -3.00. The summed E-state index contributed by atoms with van der Waals surface area (Å²) in [5.41, 5.74) is 1.97. The third-order valence-corrected chi connectivity index (χ3v) is 5.57. The highest BCUT2D eigenvalue weighted by atomic mass is 19.1. The summed E-state index contributed by atoms with van der Waals surface area (Å²) in [6, 6.07) is 4.55. The summed E-state index contributed by atoms with van der Waals surface area (Å²) in [6.45, 7) is 7.69. The molecule has 0 spiro atoms. The molecule has 174 valence electrons. The van der Waals surface area contributed by atoms with E-state index in [1.165, 1.54) is 23.1 Å². The second kappa shape index (κ2) is 11.0. The zero-order chi connectivity index (χ0) is 24.0. The van der Waals surface area contributed by atoms with Crippen LogP contribution < -0.4 is 0 Å². The number of halogens is 1. The van der Waals surface area contributed by atoms with Crippen molar-refractivity contribution in [1.29, 1.82) is 0 Å². The molecule has 0 fully saturated rings. The van der Waals surface area contributed by atoms with Gasteiger partial charge in [0, 0.05) is 44.1 Å². The molecule has 0 radical (unpaired) electrons. The Balaban J connectivity index is 2.44. The first-order valence-electron chi connectivity index (χ1n) is 10.6. The quantitative estimate of drug-likeness (QED) is 0.316. The minimum absolute atomic E-state index is 0.163. The first-order valence-corrected chi connectivity index (χ1v) is 10.6. The molecular formula is C24H31FN2O5. The van der Waals surface area contributed by atoms with Gasteiger partial charge in [-0.15, -0.1) is 0 Å². The normalized spacial score (nSPS) is 11.8. The zero-order valence-electron chi connectivity index (χ0n) is 19.5. The van der Waals surface area contributed by atoms with E-state index < -0.39 is 23.7 Å². The van der Waals surface area contributed by atoms with Gasteiger partial charge >= 0.3 is 5.97 Å². The minimum atomic E-state index is -0.836. The molecule has 1 heterocycles. The molecule has 1 aromatic heterocycles. The van der Waals surface area contributed by atoms with Crippen LogP contribution in [-0.4, -0.2) is 60.0 Å². The van der Waals surface area contributed by atoms with Crippen LogP contribution >= 0.6 is 0 Å². The van der Waals surface area contributed by atoms with E-state index in [-0.39, 0.29) is 24.5 Å². The first-order chi connectivity index (χ1) is 15.1. The largest absolute Gasteiger partial charge is 0.461 e. The molecule has 8 heteroatoms. The maximum absolute atomic E-state index is 13.7. The highest BCUT2D eigenvalue weighted by Crippen LogP contribution is 2.25. The first kappa shape index (κ1) is 25.3. The van der Waals surface area contributed by atoms with E-state index >= 15 is 0 Å². The van der Waals surface area contributed by atoms with E-state index in [0.29, 0.717) is 35.5 Å². The number of hydrogen-bond donors (Lipinski definition) is 0. The number of hydrogen-bond acceptors (Lipinski definition) is 5. The second-order valence-corrected chi connectivity index (χ2v) is 7.61. The van der Waals surface area contributed by atoms with Gasteiger partial charge in [-0.1, -0.05) is 6.07 Å². The van der Waals surface area contributed by atoms with Crippen LogP contribution in [0.25, 0.3) is 0 Å². The Bertz CT molecular complexity index is 999. The molecule has 0 bridgehead atoms. The standard InChI is InChI=1S/C24H31FN2O5/c1-7-32-24(30)21-15(2)20(16(3)26(21)5)22(28)17(4)27(12-9-13-31-6)23(29)18-10-8-11-19(25)14-18/h8,10-11,14,17H,7,9,12-13H2,1-6H3. The van der Waals surface area contributed by atoms with Crippen molar-refractivity contribution >= 4 is 17.7 Å². The highest BCUT2D eigenvalue weighted by molar-refractivity contribution is 6.07. The number of aromatic nitrogens is 1. The molecule has 1 aromatic carbocycles. The SMILES string of the molecule is CCOC(=O)c1c(C)c(C(=O)C(C)N(CCCOC)C(=O)c2cccc(F)c2)c(C)n1C. The molecule has 0 aliphatic carbocycles. The van der Waals surface area contributed by atoms with Crippen LogP contribution in [0.4, 0.5) is 4.39 Å². The highest BCUT2D eigenvalue weighted by Gasteiger charge is 2.32. The Labute approximate surface area is 188 Å². The van der Waals surface area contributed by atoms with E-state index in [1.54, 1.807) is 46.4 Å². The van der Waals surface area contributed by atoms with Crippen LogP contribution in [0, 0.1) is 19.7 Å². The monoisotopic (exact) mass is 446 g/mol. The smallest absolute Gasteiger partial charge is 0.355 e. The van der Waals surface area contributed by atoms with Crippen molar-refractivity contribution in [2.24, 2.45) is 7.05 Å². The number of benzene rings is 1. The third kappa shape index (κ3) is 5.24. The summed E-state index contributed by atoms with van der Waals surface area (Å²) in [6.07, 6.45) is 0.510. The van der Waals surface area contributed by atoms with Crippen molar-refractivity contribution in [2.45, 2.75) is 40.2 Å². The Morgan fingerprint density at radius 1 is 1.22 bits per heavy atom. The summed E-state index contributed by atoms with van der Waals surface area (Å²) in [4.78, 5) is 40.6. The van der Waals surface area contributed by atoms with Crippen LogP contribution in [0.5, 0.6) is 0 Å². The number of amides is 1. The summed E-state index contributed by atoms with van der Waals surface area (Å²) in [5.74, 6) is -1.78. The van der Waals surface area contributed by atoms with Crippen molar-refractivity contribution in [1.82, 2.24) is 9.47 Å². The Morgan fingerprint density at radius 2 is 1.91 bits per heavy atom. The summed E-state index contributed by atoms with van der Waals surface area (Å²) < 4.78 is 25.6. The van der Waals surface area contributed by atoms with Gasteiger partial charge in [0.25, 0.3) is 5.91 Å². The van der Waals surface area contributed by atoms with Gasteiger partial charge in [0.2, 0.25) is 0 Å². The average molecular weight is 447 g/mol. The zero-order valence-corrected chi connectivity index (χ0v) is 19.5. The van der Waals surface area contributed by atoms with Crippen molar-refractivity contribution in [3.63, 3.8) is 0 Å². The molecule has 0 N–H and O–H groups in total. The van der Waals surface area contributed by atoms with E-state index in [1.807, 2.05) is 0 Å². The number of carbonyl (C=O) groups excluding carboxylic acids is 3. The number of methoxy groups -OCH3 is 1. The maximum atomic E-state index is 13.7. The van der Waals surface area contributed by atoms with Gasteiger partial charge in [-0.05, 0) is 57.9 Å². The van der Waals surface area contributed by atoms with Crippen molar-refractivity contribution in [3.05, 3.63) is 58.2 Å². The number of ketones is 1. The summed E-state index contributed by atoms with van der Waals surface area (Å²) >= 11 is 0. The lowest BCUT2D eigenvalue weighted by Gasteiger charge is -2.29. The fourth-order valence-corrected chi connectivity index (χ4v) is 3.82. The van der Waals surface area contributed by atoms with Gasteiger partial charge < -0.3 is 18.9 Å². The summed E-state index contributed by atoms with van der Waals surface area (Å²) in [5, 5.41) is 0. The number of ether oxygens (including phenoxy) is 2. The number of esters is 1. The van der Waals surface area contributed by atoms with Gasteiger partial charge in [-0.25, -0.2) is 9.18 Å². The van der Waals surface area contributed by atoms with Crippen molar-refractivity contribution < 1.29 is 28.2 Å². The van der Waals surface area contributed by atoms with E-state index in [9.17, 15) is 18.8 Å². The molecule has 0 aliphatic heterocycles. The maximum Gasteiger partial charge on any atom is 0.355 e. The lowest BCUT2D eigenvalue weighted by atomic mass is 9.99. The minimum Gasteiger partial charge on any atom is -0.461 e. The number of carbonyl (C=O) groups is 3. The lowest BCUT2D eigenvalue weighted by molar-refractivity contribution is 0.0513. The van der Waals surface area contributed by atoms with Gasteiger partial charge in [-0.3, -0.25) is 9.59 Å². The Morgan fingerprint density at radius 3 is 2.50 bits per heavy atom. The number of nitrogens with zero attached hydrogens (tertiary/aromatic N) is 2. The fraction of sp³-hybridized carbons (Fsp3) is 0.458. The fourth-order valence-electron chi connectivity index (χ4n) is 3.82. The average Bonchev–Trinajstić information content (AvgIpc) is 2.98. The van der Waals surface area contributed by atoms with Crippen molar-refractivity contribution in [2.75, 3.05) is 26.9 Å². The lowest BCUT2D eigenvalue weighted by Crippen LogP contribution is -2.44. The molecule has 0 aliphatic rings. The van der Waals surface area contributed by atoms with Crippen LogP contribution in [0.1, 0.15) is 62.7 Å². The van der Waals surface area contributed by atoms with E-state index in [4.69, 9.17) is 9.47 Å². The van der Waals surface area contributed by atoms with Gasteiger partial charge in [0.1, 0.15) is 11.5 Å². The van der Waals surface area contributed by atoms with Crippen LogP contribution in [0.2, 0.25) is 0 Å². The molecule has 2 aromatic rings. The van der Waals surface area contributed by atoms with E-state index in [0.717, 1.165) is 6.07 Å². The summed E-state index contributed by atoms with van der Waals surface area (Å²) in [7, 11) is 3.26. The predicted octanol–water partition coefficient (Wildman–Crippen LogP) is 3.71. The number of rotatable bonds is 10. The molecule has 1 atom stereocenters. The van der Waals surface area contributed by atoms with Gasteiger partial charge in [0.15, 0.2) is 5.78 Å². The molecule has 0 saturated heterocycles. The molecular weight excluding hydrogens is 415 g/mol. The van der Waals surface area contributed by atoms with Crippen LogP contribution in [0.3, 0.4) is 0 Å². The molecule has 0 saturated carbocycles. The molecule has 1 unspecified atom stereocenters. The molecule has 2 rings (SSSR count). The van der Waals surface area contributed by atoms with E-state index in [2.05, 4.69) is 0 Å². The van der Waals surface area contributed by atoms with Gasteiger partial charge in [-0.2, -0.15) is 0 Å². The van der Waals surface area contributed by atoms with Gasteiger partial charge in [0.05, 0.1) is 12.6 Å². The van der Waals surface area contributed by atoms with Crippen LogP contribution in [-0.2, 0) is 16.5 Å². The number of Topliss-reactive ketones (excluding diaryl/α,β-unsaturated/α-hetero) is 1. The molecule has 1 amide bonds. The van der Waals surface area contributed by atoms with Crippen molar-refractivity contribution in [3.8, 4) is 0 Å². The van der Waals surface area contributed by atoms with Crippen LogP contribution in [0.15, 0.2) is 24.3 Å². The Kier molecular flexibility index (Phi) is 8.72. The molecule has 7 nitrogen and oxygen atoms in total. The topological polar surface area (TPSA) is 77.8 Å². The predicted molar refractivity (Wildman–Crippen MR) is 119 cm³/mol. The third-order valence-electron chi connectivity index (χ3n) is 5.57. The second-order valence-electron chi connectivity index (χ2n) is 7.61.